The number of anilines is 6. The zero-order valence-electron chi connectivity index (χ0n) is 46.1. The Bertz CT molecular complexity index is 4200. The normalized spacial score (nSPS) is 11.4. The fourth-order valence-corrected chi connectivity index (χ4v) is 11.6. The molecule has 79 heavy (non-hydrogen) atoms. The highest BCUT2D eigenvalue weighted by Gasteiger charge is 2.31. The predicted molar refractivity (Wildman–Crippen MR) is 327 cm³/mol. The fourth-order valence-electron chi connectivity index (χ4n) is 11.6. The molecule has 2 heterocycles. The van der Waals surface area contributed by atoms with Gasteiger partial charge in [0.1, 0.15) is 0 Å². The minimum Gasteiger partial charge on any atom is -0.309 e. The summed E-state index contributed by atoms with van der Waals surface area (Å²) >= 11 is 0. The number of fused-ring (bicyclic) bond motifs is 2. The number of hydrogen-bond donors (Lipinski definition) is 0. The van der Waals surface area contributed by atoms with Crippen molar-refractivity contribution in [1.82, 2.24) is 29.9 Å². The monoisotopic (exact) mass is 1020 g/mol. The Balaban J connectivity index is 1.19. The molecule has 0 saturated heterocycles. The van der Waals surface area contributed by atoms with E-state index in [0.29, 0.717) is 35.2 Å². The van der Waals surface area contributed by atoms with Crippen molar-refractivity contribution in [2.24, 2.45) is 0 Å². The Labute approximate surface area is 462 Å². The number of nitrogens with zero attached hydrogens (tertiary/aromatic N) is 8. The third kappa shape index (κ3) is 9.46. The van der Waals surface area contributed by atoms with Crippen LogP contribution in [0.15, 0.2) is 200 Å². The summed E-state index contributed by atoms with van der Waals surface area (Å²) in [5.74, 6) is 2.78. The molecule has 0 saturated carbocycles. The maximum absolute atomic E-state index is 5.65. The largest absolute Gasteiger partial charge is 0.309 e. The molecule has 0 spiro atoms. The molecule has 0 amide bonds. The molecular formula is C71H60N8. The molecule has 0 aliphatic carbocycles. The van der Waals surface area contributed by atoms with E-state index < -0.39 is 0 Å². The summed E-state index contributed by atoms with van der Waals surface area (Å²) < 4.78 is 0. The van der Waals surface area contributed by atoms with Gasteiger partial charge in [-0.2, -0.15) is 19.9 Å². The topological polar surface area (TPSA) is 83.8 Å². The molecule has 8 nitrogen and oxygen atoms in total. The molecular weight excluding hydrogens is 965 g/mol. The maximum atomic E-state index is 5.65. The van der Waals surface area contributed by atoms with Crippen molar-refractivity contribution in [3.63, 3.8) is 0 Å². The Morgan fingerprint density at radius 1 is 0.278 bits per heavy atom. The van der Waals surface area contributed by atoms with Crippen molar-refractivity contribution in [3.8, 4) is 56.7 Å². The van der Waals surface area contributed by atoms with Crippen LogP contribution in [0.4, 0.5) is 34.6 Å². The molecule has 10 aromatic carbocycles. The van der Waals surface area contributed by atoms with Gasteiger partial charge in [-0.1, -0.05) is 193 Å². The zero-order valence-corrected chi connectivity index (χ0v) is 46.1. The van der Waals surface area contributed by atoms with Crippen LogP contribution in [0.1, 0.15) is 50.1 Å². The first-order valence-electron chi connectivity index (χ1n) is 26.9. The van der Waals surface area contributed by atoms with Crippen LogP contribution in [-0.2, 0) is 0 Å². The predicted octanol–water partition coefficient (Wildman–Crippen LogP) is 18.4. The molecule has 12 aromatic rings. The Morgan fingerprint density at radius 2 is 0.684 bits per heavy atom. The van der Waals surface area contributed by atoms with Gasteiger partial charge in [0, 0.05) is 27.9 Å². The van der Waals surface area contributed by atoms with Crippen molar-refractivity contribution in [2.45, 2.75) is 62.3 Å². The quantitative estimate of drug-likeness (QED) is 0.127. The van der Waals surface area contributed by atoms with Crippen molar-refractivity contribution in [2.75, 3.05) is 9.80 Å². The minimum atomic E-state index is 0.357. The van der Waals surface area contributed by atoms with E-state index >= 15 is 0 Å². The van der Waals surface area contributed by atoms with Gasteiger partial charge in [0.05, 0.1) is 17.1 Å². The van der Waals surface area contributed by atoms with Gasteiger partial charge >= 0.3 is 0 Å². The average molecular weight is 1030 g/mol. The van der Waals surface area contributed by atoms with E-state index in [0.717, 1.165) is 94.4 Å². The first kappa shape index (κ1) is 50.2. The van der Waals surface area contributed by atoms with Crippen LogP contribution in [0, 0.1) is 62.3 Å². The molecule has 0 aliphatic heterocycles. The fraction of sp³-hybridized carbons (Fsp3) is 0.127. The molecule has 0 bridgehead atoms. The average Bonchev–Trinajstić information content (AvgIpc) is 3.62. The Kier molecular flexibility index (Phi) is 13.2. The van der Waals surface area contributed by atoms with E-state index in [1.807, 2.05) is 54.6 Å². The molecule has 0 unspecified atom stereocenters. The van der Waals surface area contributed by atoms with Gasteiger partial charge in [-0.05, 0) is 152 Å². The lowest BCUT2D eigenvalue weighted by Gasteiger charge is -2.35. The minimum absolute atomic E-state index is 0.357. The highest BCUT2D eigenvalue weighted by molar-refractivity contribution is 5.97. The van der Waals surface area contributed by atoms with E-state index in [-0.39, 0.29) is 0 Å². The highest BCUT2D eigenvalue weighted by atomic mass is 15.4. The zero-order chi connectivity index (χ0) is 54.5. The smallest absolute Gasteiger partial charge is 0.241 e. The van der Waals surface area contributed by atoms with Crippen molar-refractivity contribution in [1.29, 1.82) is 0 Å². The molecule has 0 radical (unpaired) electrons. The van der Waals surface area contributed by atoms with E-state index in [1.165, 1.54) is 33.4 Å². The second-order valence-electron chi connectivity index (χ2n) is 20.9. The summed E-state index contributed by atoms with van der Waals surface area (Å²) in [7, 11) is 0. The van der Waals surface area contributed by atoms with Crippen LogP contribution in [-0.4, -0.2) is 29.9 Å². The van der Waals surface area contributed by atoms with E-state index in [2.05, 4.69) is 218 Å². The summed E-state index contributed by atoms with van der Waals surface area (Å²) in [5, 5.41) is 4.30. The molecule has 384 valence electrons. The molecule has 0 fully saturated rings. The number of aryl methyl sites for hydroxylation is 7. The number of hydrogen-bond acceptors (Lipinski definition) is 8. The summed E-state index contributed by atoms with van der Waals surface area (Å²) in [6.07, 6.45) is 0. The Morgan fingerprint density at radius 3 is 1.20 bits per heavy atom. The van der Waals surface area contributed by atoms with Crippen molar-refractivity contribution < 1.29 is 0 Å². The van der Waals surface area contributed by atoms with E-state index in [9.17, 15) is 0 Å². The van der Waals surface area contributed by atoms with Gasteiger partial charge in [0.2, 0.25) is 11.9 Å². The second kappa shape index (κ2) is 20.7. The van der Waals surface area contributed by atoms with Crippen LogP contribution in [0.25, 0.3) is 78.2 Å². The van der Waals surface area contributed by atoms with Gasteiger partial charge in [-0.25, -0.2) is 14.9 Å². The van der Waals surface area contributed by atoms with Crippen LogP contribution in [0.3, 0.4) is 0 Å². The van der Waals surface area contributed by atoms with Gasteiger partial charge in [-0.3, -0.25) is 0 Å². The summed E-state index contributed by atoms with van der Waals surface area (Å²) in [4.78, 5) is 37.5. The number of rotatable bonds is 11. The van der Waals surface area contributed by atoms with E-state index in [1.54, 1.807) is 0 Å². The summed E-state index contributed by atoms with van der Waals surface area (Å²) in [6, 6.07) is 69.8. The number of benzene rings is 10. The molecule has 0 atom stereocenters. The maximum Gasteiger partial charge on any atom is 0.241 e. The van der Waals surface area contributed by atoms with Gasteiger partial charge in [-0.15, -0.1) is 0 Å². The standard InChI is InChI=1S/C71H60N8/c1-43-36-45(3)63(46(4)37-43)78(64-47(5)38-44(2)39-48(64)6)62-40-49(7)65(51(9)50(62)8)79(70-74-66(54-27-15-11-16-28-54)72-68(76-70)59-35-23-33-52-26-21-22-34-58(52)59)71-75-67(55-29-17-12-18-30-55)73-69(77-71)61-42-57-32-20-19-31-56(57)41-60(61)53-24-13-10-14-25-53/h10-42H,1-9H3. The lowest BCUT2D eigenvalue weighted by molar-refractivity contribution is 0.956. The molecule has 0 N–H and O–H groups in total. The molecule has 12 rings (SSSR count). The van der Waals surface area contributed by atoms with Crippen LogP contribution < -0.4 is 9.80 Å². The third-order valence-corrected chi connectivity index (χ3v) is 15.2. The van der Waals surface area contributed by atoms with Gasteiger partial charge in [0.15, 0.2) is 23.3 Å². The molecule has 0 aliphatic rings. The Hall–Kier alpha value is -9.66. The second-order valence-corrected chi connectivity index (χ2v) is 20.9. The summed E-state index contributed by atoms with van der Waals surface area (Å²) in [6.45, 7) is 19.9. The van der Waals surface area contributed by atoms with Crippen LogP contribution in [0.5, 0.6) is 0 Å². The SMILES string of the molecule is Cc1cc(C)c(N(c2cc(C)c(N(c3nc(-c4ccccc4)nc(-c4cc5ccccc5cc4-c4ccccc4)n3)c3nc(-c4ccccc4)nc(-c4cccc5ccccc45)n3)c(C)c2C)c2c(C)cc(C)cc2C)c(C)c1. The lowest BCUT2D eigenvalue weighted by atomic mass is 9.94. The first-order chi connectivity index (χ1) is 38.4. The van der Waals surface area contributed by atoms with Crippen LogP contribution >= 0.6 is 0 Å². The van der Waals surface area contributed by atoms with E-state index in [4.69, 9.17) is 29.9 Å². The van der Waals surface area contributed by atoms with Gasteiger partial charge in [0.25, 0.3) is 0 Å². The van der Waals surface area contributed by atoms with Crippen LogP contribution in [0.2, 0.25) is 0 Å². The van der Waals surface area contributed by atoms with Crippen molar-refractivity contribution >= 4 is 56.2 Å². The molecule has 2 aromatic heterocycles. The van der Waals surface area contributed by atoms with Crippen molar-refractivity contribution in [3.05, 3.63) is 250 Å². The summed E-state index contributed by atoms with van der Waals surface area (Å²) in [5.41, 5.74) is 20.1. The first-order valence-corrected chi connectivity index (χ1v) is 26.9. The third-order valence-electron chi connectivity index (χ3n) is 15.2. The lowest BCUT2D eigenvalue weighted by Crippen LogP contribution is -2.22. The van der Waals surface area contributed by atoms with Gasteiger partial charge < -0.3 is 4.90 Å². The number of aromatic nitrogens is 6. The highest BCUT2D eigenvalue weighted by Crippen LogP contribution is 2.49. The molecule has 8 heteroatoms.